The van der Waals surface area contributed by atoms with E-state index in [-0.39, 0.29) is 11.3 Å². The molecule has 0 aliphatic heterocycles. The summed E-state index contributed by atoms with van der Waals surface area (Å²) in [5.74, 6) is 0.252. The minimum atomic E-state index is -2.75. The number of pyridine rings is 2. The number of allylic oxidation sites excluding steroid dienone is 1. The van der Waals surface area contributed by atoms with E-state index in [1.807, 2.05) is 0 Å². The quantitative estimate of drug-likeness (QED) is 0.641. The number of ether oxygens (including phenoxy) is 1. The lowest BCUT2D eigenvalue weighted by Gasteiger charge is -2.13. The van der Waals surface area contributed by atoms with Gasteiger partial charge in [-0.2, -0.15) is 0 Å². The number of rotatable bonds is 6. The lowest BCUT2D eigenvalue weighted by molar-refractivity contribution is 0.112. The topological polar surface area (TPSA) is 90.5 Å². The van der Waals surface area contributed by atoms with E-state index in [2.05, 4.69) is 15.0 Å². The molecule has 0 aromatic carbocycles. The Labute approximate surface area is 143 Å². The molecule has 2 aromatic rings. The molecule has 0 aliphatic rings. The lowest BCUT2D eigenvalue weighted by Crippen LogP contribution is -2.03. The van der Waals surface area contributed by atoms with Crippen LogP contribution in [0.1, 0.15) is 28.2 Å². The normalized spacial score (nSPS) is 12.0. The van der Waals surface area contributed by atoms with Crippen molar-refractivity contribution < 1.29 is 18.3 Å². The predicted molar refractivity (Wildman–Crippen MR) is 90.9 cm³/mol. The molecule has 0 fully saturated rings. The van der Waals surface area contributed by atoms with E-state index in [1.165, 1.54) is 37.9 Å². The number of hydrogen-bond donors (Lipinski definition) is 1. The van der Waals surface area contributed by atoms with Crippen LogP contribution >= 0.6 is 0 Å². The summed E-state index contributed by atoms with van der Waals surface area (Å²) in [5.41, 5.74) is 7.07. The average Bonchev–Trinajstić information content (AvgIpc) is 2.64. The molecule has 2 aromatic heterocycles. The maximum absolute atomic E-state index is 13.0. The molecule has 0 unspecified atom stereocenters. The monoisotopic (exact) mass is 346 g/mol. The fraction of sp³-hybridized carbons (Fsp3) is 0.176. The molecule has 0 saturated carbocycles. The summed E-state index contributed by atoms with van der Waals surface area (Å²) in [6.45, 7) is 0. The number of methoxy groups -OCH3 is 1. The molecule has 2 N–H and O–H groups in total. The van der Waals surface area contributed by atoms with E-state index in [1.54, 1.807) is 13.1 Å². The van der Waals surface area contributed by atoms with Gasteiger partial charge in [-0.15, -0.1) is 0 Å². The summed E-state index contributed by atoms with van der Waals surface area (Å²) in [5, 5.41) is 0. The fourth-order valence-corrected chi connectivity index (χ4v) is 2.14. The van der Waals surface area contributed by atoms with Crippen LogP contribution in [0.5, 0.6) is 5.75 Å². The second-order valence-electron chi connectivity index (χ2n) is 4.91. The highest BCUT2D eigenvalue weighted by molar-refractivity contribution is 5.91. The van der Waals surface area contributed by atoms with Crippen LogP contribution in [0.2, 0.25) is 0 Å². The molecule has 130 valence electrons. The highest BCUT2D eigenvalue weighted by Gasteiger charge is 2.17. The number of aldehydes is 1. The number of carbonyl (C=O) groups is 1. The van der Waals surface area contributed by atoms with Gasteiger partial charge in [0.1, 0.15) is 11.4 Å². The highest BCUT2D eigenvalue weighted by atomic mass is 19.3. The van der Waals surface area contributed by atoms with Crippen LogP contribution in [0.3, 0.4) is 0 Å². The zero-order chi connectivity index (χ0) is 18.4. The number of hydrogen-bond acceptors (Lipinski definition) is 6. The van der Waals surface area contributed by atoms with Crippen LogP contribution in [-0.2, 0) is 0 Å². The summed E-state index contributed by atoms with van der Waals surface area (Å²) in [7, 11) is 2.98. The molecular weight excluding hydrogens is 330 g/mol. The van der Waals surface area contributed by atoms with Gasteiger partial charge in [0, 0.05) is 30.6 Å². The molecule has 0 atom stereocenters. The summed E-state index contributed by atoms with van der Waals surface area (Å²) in [4.78, 5) is 22.9. The van der Waals surface area contributed by atoms with Crippen LogP contribution in [0.15, 0.2) is 35.6 Å². The van der Waals surface area contributed by atoms with Gasteiger partial charge in [-0.05, 0) is 23.8 Å². The molecule has 2 heterocycles. The van der Waals surface area contributed by atoms with Gasteiger partial charge < -0.3 is 10.5 Å². The summed E-state index contributed by atoms with van der Waals surface area (Å²) in [6, 6.07) is 2.72. The predicted octanol–water partition coefficient (Wildman–Crippen LogP) is 2.90. The number of nitrogens with two attached hydrogens (primary N) is 1. The van der Waals surface area contributed by atoms with E-state index >= 15 is 0 Å². The lowest BCUT2D eigenvalue weighted by atomic mass is 10.00. The Morgan fingerprint density at radius 3 is 2.64 bits per heavy atom. The van der Waals surface area contributed by atoms with Crippen molar-refractivity contribution in [2.24, 2.45) is 10.7 Å². The Morgan fingerprint density at radius 2 is 2.04 bits per heavy atom. The van der Waals surface area contributed by atoms with Crippen molar-refractivity contribution in [1.29, 1.82) is 0 Å². The third kappa shape index (κ3) is 4.03. The van der Waals surface area contributed by atoms with Gasteiger partial charge in [0.15, 0.2) is 6.29 Å². The van der Waals surface area contributed by atoms with E-state index < -0.39 is 12.1 Å². The third-order valence-electron chi connectivity index (χ3n) is 3.38. The average molecular weight is 346 g/mol. The molecule has 0 amide bonds. The second kappa shape index (κ2) is 8.09. The van der Waals surface area contributed by atoms with Crippen molar-refractivity contribution in [3.05, 3.63) is 47.6 Å². The number of nitrogens with zero attached hydrogens (tertiary/aromatic N) is 3. The maximum Gasteiger partial charge on any atom is 0.280 e. The molecule has 0 radical (unpaired) electrons. The number of aliphatic imine (C=N–C) groups is 1. The molecule has 6 nitrogen and oxygen atoms in total. The minimum absolute atomic E-state index is 0.213. The van der Waals surface area contributed by atoms with Gasteiger partial charge in [-0.1, -0.05) is 0 Å². The van der Waals surface area contributed by atoms with Crippen molar-refractivity contribution in [1.82, 2.24) is 9.97 Å². The molecule has 25 heavy (non-hydrogen) atoms. The molecular formula is C17H16F2N4O2. The van der Waals surface area contributed by atoms with Crippen molar-refractivity contribution >= 4 is 18.2 Å². The fourth-order valence-electron chi connectivity index (χ4n) is 2.14. The van der Waals surface area contributed by atoms with Gasteiger partial charge in [-0.25, -0.2) is 8.78 Å². The Balaban J connectivity index is 2.68. The van der Waals surface area contributed by atoms with E-state index in [9.17, 15) is 13.6 Å². The van der Waals surface area contributed by atoms with Gasteiger partial charge in [0.25, 0.3) is 6.43 Å². The zero-order valence-corrected chi connectivity index (χ0v) is 13.6. The maximum atomic E-state index is 13.0. The van der Waals surface area contributed by atoms with Crippen LogP contribution in [0.4, 0.5) is 8.78 Å². The number of alkyl halides is 2. The number of carbonyl (C=O) groups excluding carboxylic acids is 1. The Morgan fingerprint density at radius 1 is 1.28 bits per heavy atom. The van der Waals surface area contributed by atoms with E-state index in [0.29, 0.717) is 28.8 Å². The standard InChI is InChI=1S/C17H16F2N4O2/c1-21-4-3-13(20)14-5-11(10(9-24)7-22-14)12-6-15(17(18)19)23-8-16(12)25-2/h3-9,17H,20H2,1-2H3/b13-3-,21-4?. The molecule has 2 rings (SSSR count). The van der Waals surface area contributed by atoms with Crippen LogP contribution in [0.25, 0.3) is 16.8 Å². The largest absolute Gasteiger partial charge is 0.494 e. The molecule has 0 saturated heterocycles. The van der Waals surface area contributed by atoms with Crippen molar-refractivity contribution in [2.75, 3.05) is 14.2 Å². The second-order valence-corrected chi connectivity index (χ2v) is 4.91. The van der Waals surface area contributed by atoms with Gasteiger partial charge in [-0.3, -0.25) is 19.8 Å². The van der Waals surface area contributed by atoms with E-state index in [0.717, 1.165) is 0 Å². The van der Waals surface area contributed by atoms with Crippen LogP contribution < -0.4 is 10.5 Å². The Kier molecular flexibility index (Phi) is 5.89. The SMILES string of the molecule is CN=C/C=C(\N)c1cc(-c2cc(C(F)F)ncc2OC)c(C=O)cn1. The van der Waals surface area contributed by atoms with Crippen molar-refractivity contribution in [3.63, 3.8) is 0 Å². The first-order valence-electron chi connectivity index (χ1n) is 7.17. The highest BCUT2D eigenvalue weighted by Crippen LogP contribution is 2.34. The molecule has 0 aliphatic carbocycles. The summed E-state index contributed by atoms with van der Waals surface area (Å²) >= 11 is 0. The van der Waals surface area contributed by atoms with Crippen molar-refractivity contribution in [3.8, 4) is 16.9 Å². The Hall–Kier alpha value is -3.16. The van der Waals surface area contributed by atoms with Crippen LogP contribution in [-0.4, -0.2) is 36.6 Å². The number of halogens is 2. The van der Waals surface area contributed by atoms with Gasteiger partial charge in [0.05, 0.1) is 24.7 Å². The summed E-state index contributed by atoms with van der Waals surface area (Å²) in [6.07, 6.45) is 3.38. The first-order chi connectivity index (χ1) is 12.0. The first kappa shape index (κ1) is 18.2. The van der Waals surface area contributed by atoms with Gasteiger partial charge in [0.2, 0.25) is 0 Å². The number of aromatic nitrogens is 2. The first-order valence-corrected chi connectivity index (χ1v) is 7.17. The van der Waals surface area contributed by atoms with Crippen LogP contribution in [0, 0.1) is 0 Å². The van der Waals surface area contributed by atoms with E-state index in [4.69, 9.17) is 10.5 Å². The minimum Gasteiger partial charge on any atom is -0.494 e. The van der Waals surface area contributed by atoms with Gasteiger partial charge >= 0.3 is 0 Å². The summed E-state index contributed by atoms with van der Waals surface area (Å²) < 4.78 is 31.2. The molecule has 0 spiro atoms. The smallest absolute Gasteiger partial charge is 0.280 e. The Bertz CT molecular complexity index is 835. The molecule has 8 heteroatoms. The molecule has 0 bridgehead atoms. The van der Waals surface area contributed by atoms with Crippen molar-refractivity contribution in [2.45, 2.75) is 6.43 Å². The third-order valence-corrected chi connectivity index (χ3v) is 3.38. The zero-order valence-electron chi connectivity index (χ0n) is 13.6.